The predicted molar refractivity (Wildman–Crippen MR) is 96.4 cm³/mol. The van der Waals surface area contributed by atoms with E-state index in [4.69, 9.17) is 0 Å². The summed E-state index contributed by atoms with van der Waals surface area (Å²) in [6.07, 6.45) is 5.41. The van der Waals surface area contributed by atoms with Gasteiger partial charge in [-0.2, -0.15) is 11.3 Å². The van der Waals surface area contributed by atoms with Gasteiger partial charge in [-0.1, -0.05) is 11.3 Å². The standard InChI is InChI=1S/C17H18N6OS/c24-17(19-13-6-10-25-12-13)22-8-4-14(5-9-22)23-11-16(20-21-23)15-3-1-2-7-18-15/h1-3,6-7,10-12,14H,4-5,8-9H2,(H,19,24). The van der Waals surface area contributed by atoms with Crippen LogP contribution in [0.1, 0.15) is 18.9 Å². The number of pyridine rings is 1. The number of piperidine rings is 1. The zero-order valence-corrected chi connectivity index (χ0v) is 14.4. The van der Waals surface area contributed by atoms with Gasteiger partial charge in [-0.3, -0.25) is 4.98 Å². The van der Waals surface area contributed by atoms with Crippen molar-refractivity contribution in [2.45, 2.75) is 18.9 Å². The second-order valence-electron chi connectivity index (χ2n) is 5.96. The lowest BCUT2D eigenvalue weighted by atomic mass is 10.1. The van der Waals surface area contributed by atoms with E-state index in [0.29, 0.717) is 13.1 Å². The molecule has 1 aliphatic heterocycles. The van der Waals surface area contributed by atoms with Crippen LogP contribution in [0.25, 0.3) is 11.4 Å². The monoisotopic (exact) mass is 354 g/mol. The molecule has 2 amide bonds. The first-order valence-corrected chi connectivity index (χ1v) is 9.15. The van der Waals surface area contributed by atoms with E-state index in [1.807, 2.05) is 50.8 Å². The molecule has 0 bridgehead atoms. The van der Waals surface area contributed by atoms with Crippen molar-refractivity contribution >= 4 is 23.1 Å². The maximum atomic E-state index is 12.3. The minimum absolute atomic E-state index is 0.0374. The molecule has 0 aliphatic carbocycles. The third kappa shape index (κ3) is 3.53. The highest BCUT2D eigenvalue weighted by Gasteiger charge is 2.25. The molecular weight excluding hydrogens is 336 g/mol. The van der Waals surface area contributed by atoms with Gasteiger partial charge in [0.15, 0.2) is 0 Å². The smallest absolute Gasteiger partial charge is 0.321 e. The number of nitrogens with one attached hydrogen (secondary N) is 1. The van der Waals surface area contributed by atoms with Crippen LogP contribution in [-0.2, 0) is 0 Å². The van der Waals surface area contributed by atoms with Crippen LogP contribution in [-0.4, -0.2) is 44.0 Å². The highest BCUT2D eigenvalue weighted by molar-refractivity contribution is 7.08. The number of nitrogens with zero attached hydrogens (tertiary/aromatic N) is 5. The average molecular weight is 354 g/mol. The van der Waals surface area contributed by atoms with Crippen LogP contribution in [0, 0.1) is 0 Å². The van der Waals surface area contributed by atoms with Crippen molar-refractivity contribution in [3.8, 4) is 11.4 Å². The molecule has 0 atom stereocenters. The molecular formula is C17H18N6OS. The van der Waals surface area contributed by atoms with Crippen LogP contribution in [0.2, 0.25) is 0 Å². The molecule has 7 nitrogen and oxygen atoms in total. The van der Waals surface area contributed by atoms with E-state index in [1.165, 1.54) is 0 Å². The number of thiophene rings is 1. The van der Waals surface area contributed by atoms with Gasteiger partial charge in [0.1, 0.15) is 5.69 Å². The largest absolute Gasteiger partial charge is 0.324 e. The van der Waals surface area contributed by atoms with Crippen molar-refractivity contribution < 1.29 is 4.79 Å². The van der Waals surface area contributed by atoms with Gasteiger partial charge in [-0.05, 0) is 36.4 Å². The normalized spacial score (nSPS) is 15.3. The molecule has 3 aromatic rings. The summed E-state index contributed by atoms with van der Waals surface area (Å²) in [6, 6.07) is 7.87. The number of amides is 2. The highest BCUT2D eigenvalue weighted by Crippen LogP contribution is 2.24. The predicted octanol–water partition coefficient (Wildman–Crippen LogP) is 3.27. The summed E-state index contributed by atoms with van der Waals surface area (Å²) in [6.45, 7) is 1.42. The number of aromatic nitrogens is 4. The van der Waals surface area contributed by atoms with Gasteiger partial charge < -0.3 is 10.2 Å². The van der Waals surface area contributed by atoms with Crippen LogP contribution in [0.4, 0.5) is 10.5 Å². The summed E-state index contributed by atoms with van der Waals surface area (Å²) < 4.78 is 1.90. The number of anilines is 1. The summed E-state index contributed by atoms with van der Waals surface area (Å²) in [4.78, 5) is 18.4. The van der Waals surface area contributed by atoms with Crippen molar-refractivity contribution in [3.63, 3.8) is 0 Å². The number of likely N-dealkylation sites (tertiary alicyclic amines) is 1. The summed E-state index contributed by atoms with van der Waals surface area (Å²) >= 11 is 1.57. The fraction of sp³-hybridized carbons (Fsp3) is 0.294. The molecule has 4 rings (SSSR count). The highest BCUT2D eigenvalue weighted by atomic mass is 32.1. The van der Waals surface area contributed by atoms with Crippen molar-refractivity contribution in [1.29, 1.82) is 0 Å². The zero-order valence-electron chi connectivity index (χ0n) is 13.6. The Balaban J connectivity index is 1.36. The van der Waals surface area contributed by atoms with Crippen LogP contribution in [0.5, 0.6) is 0 Å². The molecule has 0 radical (unpaired) electrons. The number of hydrogen-bond donors (Lipinski definition) is 1. The van der Waals surface area contributed by atoms with Crippen molar-refractivity contribution in [1.82, 2.24) is 24.9 Å². The zero-order chi connectivity index (χ0) is 17.1. The van der Waals surface area contributed by atoms with Crippen LogP contribution in [0.15, 0.2) is 47.4 Å². The molecule has 0 aromatic carbocycles. The molecule has 1 saturated heterocycles. The van der Waals surface area contributed by atoms with E-state index in [9.17, 15) is 4.79 Å². The third-order valence-electron chi connectivity index (χ3n) is 4.34. The fourth-order valence-electron chi connectivity index (χ4n) is 2.96. The molecule has 25 heavy (non-hydrogen) atoms. The first kappa shape index (κ1) is 15.8. The second kappa shape index (κ2) is 7.02. The van der Waals surface area contributed by atoms with E-state index >= 15 is 0 Å². The minimum Gasteiger partial charge on any atom is -0.324 e. The van der Waals surface area contributed by atoms with E-state index in [0.717, 1.165) is 29.9 Å². The Morgan fingerprint density at radius 3 is 2.80 bits per heavy atom. The van der Waals surface area contributed by atoms with Gasteiger partial charge in [0.25, 0.3) is 0 Å². The number of carbonyl (C=O) groups is 1. The number of urea groups is 1. The topological polar surface area (TPSA) is 75.9 Å². The van der Waals surface area contributed by atoms with Gasteiger partial charge in [0, 0.05) is 24.7 Å². The number of rotatable bonds is 3. The molecule has 0 unspecified atom stereocenters. The van der Waals surface area contributed by atoms with Crippen molar-refractivity contribution in [2.75, 3.05) is 18.4 Å². The Kier molecular flexibility index (Phi) is 4.43. The van der Waals surface area contributed by atoms with Crippen LogP contribution < -0.4 is 5.32 Å². The number of carbonyl (C=O) groups excluding carboxylic acids is 1. The Morgan fingerprint density at radius 1 is 1.20 bits per heavy atom. The molecule has 8 heteroatoms. The van der Waals surface area contributed by atoms with Gasteiger partial charge >= 0.3 is 6.03 Å². The van der Waals surface area contributed by atoms with Gasteiger partial charge in [-0.25, -0.2) is 9.48 Å². The summed E-state index contributed by atoms with van der Waals surface area (Å²) in [5.74, 6) is 0. The fourth-order valence-corrected chi connectivity index (χ4v) is 3.55. The first-order valence-electron chi connectivity index (χ1n) is 8.21. The molecule has 3 aromatic heterocycles. The lowest BCUT2D eigenvalue weighted by Gasteiger charge is -2.31. The van der Waals surface area contributed by atoms with Gasteiger partial charge in [0.05, 0.1) is 23.6 Å². The number of hydrogen-bond acceptors (Lipinski definition) is 5. The van der Waals surface area contributed by atoms with Crippen molar-refractivity contribution in [3.05, 3.63) is 47.4 Å². The lowest BCUT2D eigenvalue weighted by Crippen LogP contribution is -2.41. The minimum atomic E-state index is -0.0374. The molecule has 128 valence electrons. The van der Waals surface area contributed by atoms with E-state index < -0.39 is 0 Å². The first-order chi connectivity index (χ1) is 12.3. The third-order valence-corrected chi connectivity index (χ3v) is 5.02. The maximum Gasteiger partial charge on any atom is 0.321 e. The van der Waals surface area contributed by atoms with E-state index in [2.05, 4.69) is 20.6 Å². The Bertz CT molecular complexity index is 824. The molecule has 1 N–H and O–H groups in total. The molecule has 0 spiro atoms. The van der Waals surface area contributed by atoms with E-state index in [1.54, 1.807) is 17.5 Å². The van der Waals surface area contributed by atoms with E-state index in [-0.39, 0.29) is 12.1 Å². The van der Waals surface area contributed by atoms with Gasteiger partial charge in [0.2, 0.25) is 0 Å². The molecule has 4 heterocycles. The van der Waals surface area contributed by atoms with Crippen LogP contribution >= 0.6 is 11.3 Å². The lowest BCUT2D eigenvalue weighted by molar-refractivity contribution is 0.179. The molecule has 0 saturated carbocycles. The maximum absolute atomic E-state index is 12.3. The second-order valence-corrected chi connectivity index (χ2v) is 6.74. The quantitative estimate of drug-likeness (QED) is 0.783. The van der Waals surface area contributed by atoms with Crippen LogP contribution in [0.3, 0.4) is 0 Å². The van der Waals surface area contributed by atoms with Crippen molar-refractivity contribution in [2.24, 2.45) is 0 Å². The molecule has 1 aliphatic rings. The molecule has 1 fully saturated rings. The Morgan fingerprint density at radius 2 is 2.08 bits per heavy atom. The Labute approximate surface area is 149 Å². The van der Waals surface area contributed by atoms with Gasteiger partial charge in [-0.15, -0.1) is 5.10 Å². The SMILES string of the molecule is O=C(Nc1ccsc1)N1CCC(n2cc(-c3ccccn3)nn2)CC1. The summed E-state index contributed by atoms with van der Waals surface area (Å²) in [7, 11) is 0. The summed E-state index contributed by atoms with van der Waals surface area (Å²) in [5, 5.41) is 15.3. The Hall–Kier alpha value is -2.74. The summed E-state index contributed by atoms with van der Waals surface area (Å²) in [5.41, 5.74) is 2.45. The average Bonchev–Trinajstić information content (AvgIpc) is 3.34.